The van der Waals surface area contributed by atoms with Crippen molar-refractivity contribution in [3.63, 3.8) is 0 Å². The van der Waals surface area contributed by atoms with Crippen LogP contribution in [0.15, 0.2) is 12.2 Å². The molecule has 1 unspecified atom stereocenters. The monoisotopic (exact) mass is 308 g/mol. The Morgan fingerprint density at radius 1 is 0.591 bits per heavy atom. The predicted molar refractivity (Wildman–Crippen MR) is 104 cm³/mol. The van der Waals surface area contributed by atoms with Gasteiger partial charge < -0.3 is 0 Å². The van der Waals surface area contributed by atoms with Crippen LogP contribution in [-0.4, -0.2) is 0 Å². The SMILES string of the molecule is CCCCCCCCC=CC(C)CCCCCCCCCC. The van der Waals surface area contributed by atoms with Gasteiger partial charge in [0.15, 0.2) is 0 Å². The smallest absolute Gasteiger partial charge is 0.0262 e. The van der Waals surface area contributed by atoms with Crippen LogP contribution in [0.2, 0.25) is 0 Å². The van der Waals surface area contributed by atoms with E-state index in [9.17, 15) is 0 Å². The third-order valence-electron chi connectivity index (χ3n) is 4.70. The second-order valence-electron chi connectivity index (χ2n) is 7.23. The molecule has 0 N–H and O–H groups in total. The highest BCUT2D eigenvalue weighted by Crippen LogP contribution is 2.14. The van der Waals surface area contributed by atoms with Crippen molar-refractivity contribution in [1.82, 2.24) is 0 Å². The summed E-state index contributed by atoms with van der Waals surface area (Å²) < 4.78 is 0. The van der Waals surface area contributed by atoms with Crippen molar-refractivity contribution >= 4 is 0 Å². The number of hydrogen-bond acceptors (Lipinski definition) is 0. The molecule has 22 heavy (non-hydrogen) atoms. The third-order valence-corrected chi connectivity index (χ3v) is 4.70. The number of rotatable bonds is 17. The van der Waals surface area contributed by atoms with Crippen LogP contribution >= 0.6 is 0 Å². The molecule has 0 fully saturated rings. The first kappa shape index (κ1) is 21.7. The summed E-state index contributed by atoms with van der Waals surface area (Å²) in [6, 6.07) is 0. The minimum atomic E-state index is 0.792. The van der Waals surface area contributed by atoms with Crippen molar-refractivity contribution in [2.75, 3.05) is 0 Å². The molecule has 0 aromatic rings. The van der Waals surface area contributed by atoms with Crippen LogP contribution in [0.4, 0.5) is 0 Å². The molecule has 0 aromatic carbocycles. The van der Waals surface area contributed by atoms with Gasteiger partial charge in [-0.25, -0.2) is 0 Å². The molecular formula is C22H44. The van der Waals surface area contributed by atoms with E-state index in [1.165, 1.54) is 103 Å². The topological polar surface area (TPSA) is 0 Å². The van der Waals surface area contributed by atoms with E-state index in [4.69, 9.17) is 0 Å². The van der Waals surface area contributed by atoms with Gasteiger partial charge in [-0.1, -0.05) is 116 Å². The molecule has 1 atom stereocenters. The summed E-state index contributed by atoms with van der Waals surface area (Å²) in [6.45, 7) is 6.97. The fourth-order valence-corrected chi connectivity index (χ4v) is 3.07. The lowest BCUT2D eigenvalue weighted by Gasteiger charge is -2.06. The van der Waals surface area contributed by atoms with Gasteiger partial charge in [0, 0.05) is 0 Å². The molecule has 0 spiro atoms. The molecule has 0 heterocycles. The average molecular weight is 309 g/mol. The standard InChI is InChI=1S/C22H44/c1-4-6-8-10-12-14-16-18-20-22(3)21-19-17-15-13-11-9-7-5-2/h18,20,22H,4-17,19,21H2,1-3H3. The maximum Gasteiger partial charge on any atom is -0.0262 e. The highest BCUT2D eigenvalue weighted by molar-refractivity contribution is 4.86. The quantitative estimate of drug-likeness (QED) is 0.187. The maximum atomic E-state index is 2.47. The Morgan fingerprint density at radius 2 is 1.05 bits per heavy atom. The van der Waals surface area contributed by atoms with Crippen LogP contribution in [0.3, 0.4) is 0 Å². The van der Waals surface area contributed by atoms with Crippen LogP contribution in [0.5, 0.6) is 0 Å². The van der Waals surface area contributed by atoms with E-state index >= 15 is 0 Å². The first-order valence-corrected chi connectivity index (χ1v) is 10.5. The van der Waals surface area contributed by atoms with Gasteiger partial charge in [0.1, 0.15) is 0 Å². The first-order valence-electron chi connectivity index (χ1n) is 10.5. The van der Waals surface area contributed by atoms with Crippen LogP contribution in [0, 0.1) is 5.92 Å². The summed E-state index contributed by atoms with van der Waals surface area (Å²) in [5, 5.41) is 0. The van der Waals surface area contributed by atoms with Gasteiger partial charge in [0.05, 0.1) is 0 Å². The van der Waals surface area contributed by atoms with Crippen molar-refractivity contribution in [3.05, 3.63) is 12.2 Å². The molecule has 0 saturated heterocycles. The van der Waals surface area contributed by atoms with Crippen LogP contribution < -0.4 is 0 Å². The molecule has 0 saturated carbocycles. The van der Waals surface area contributed by atoms with Crippen molar-refractivity contribution in [2.45, 2.75) is 124 Å². The molecule has 0 bridgehead atoms. The van der Waals surface area contributed by atoms with Crippen LogP contribution in [0.1, 0.15) is 124 Å². The van der Waals surface area contributed by atoms with E-state index < -0.39 is 0 Å². The van der Waals surface area contributed by atoms with Gasteiger partial charge in [0.25, 0.3) is 0 Å². The fourth-order valence-electron chi connectivity index (χ4n) is 3.07. The fraction of sp³-hybridized carbons (Fsp3) is 0.909. The molecule has 0 radical (unpaired) electrons. The van der Waals surface area contributed by atoms with Crippen molar-refractivity contribution in [3.8, 4) is 0 Å². The Hall–Kier alpha value is -0.260. The van der Waals surface area contributed by atoms with Crippen molar-refractivity contribution in [2.24, 2.45) is 5.92 Å². The molecule has 0 aromatic heterocycles. The van der Waals surface area contributed by atoms with Gasteiger partial charge in [-0.3, -0.25) is 0 Å². The summed E-state index contributed by atoms with van der Waals surface area (Å²) in [7, 11) is 0. The van der Waals surface area contributed by atoms with E-state index in [0.717, 1.165) is 5.92 Å². The van der Waals surface area contributed by atoms with Gasteiger partial charge >= 0.3 is 0 Å². The largest absolute Gasteiger partial charge is 0.0883 e. The normalized spacial score (nSPS) is 13.0. The summed E-state index contributed by atoms with van der Waals surface area (Å²) >= 11 is 0. The Balaban J connectivity index is 3.24. The first-order chi connectivity index (χ1) is 10.8. The zero-order valence-electron chi connectivity index (χ0n) is 16.0. The Morgan fingerprint density at radius 3 is 1.59 bits per heavy atom. The highest BCUT2D eigenvalue weighted by Gasteiger charge is 1.97. The van der Waals surface area contributed by atoms with Crippen molar-refractivity contribution < 1.29 is 0 Å². The van der Waals surface area contributed by atoms with E-state index in [-0.39, 0.29) is 0 Å². The summed E-state index contributed by atoms with van der Waals surface area (Å²) in [5.41, 5.74) is 0. The molecule has 132 valence electrons. The molecule has 0 aliphatic carbocycles. The minimum absolute atomic E-state index is 0.792. The molecule has 0 aliphatic heterocycles. The van der Waals surface area contributed by atoms with Crippen LogP contribution in [-0.2, 0) is 0 Å². The van der Waals surface area contributed by atoms with E-state index in [1.807, 2.05) is 0 Å². The van der Waals surface area contributed by atoms with Crippen LogP contribution in [0.25, 0.3) is 0 Å². The summed E-state index contributed by atoms with van der Waals surface area (Å²) in [5.74, 6) is 0.792. The lowest BCUT2D eigenvalue weighted by Crippen LogP contribution is -1.90. The van der Waals surface area contributed by atoms with Gasteiger partial charge in [0.2, 0.25) is 0 Å². The second-order valence-corrected chi connectivity index (χ2v) is 7.23. The number of hydrogen-bond donors (Lipinski definition) is 0. The van der Waals surface area contributed by atoms with Gasteiger partial charge in [-0.2, -0.15) is 0 Å². The second kappa shape index (κ2) is 18.8. The number of unbranched alkanes of at least 4 members (excludes halogenated alkanes) is 13. The lowest BCUT2D eigenvalue weighted by molar-refractivity contribution is 0.532. The molecule has 0 amide bonds. The van der Waals surface area contributed by atoms with Crippen molar-refractivity contribution in [1.29, 1.82) is 0 Å². The predicted octanol–water partition coefficient (Wildman–Crippen LogP) is 8.46. The van der Waals surface area contributed by atoms with Gasteiger partial charge in [-0.05, 0) is 25.2 Å². The molecular weight excluding hydrogens is 264 g/mol. The zero-order valence-corrected chi connectivity index (χ0v) is 16.0. The maximum absolute atomic E-state index is 2.47. The van der Waals surface area contributed by atoms with E-state index in [0.29, 0.717) is 0 Å². The lowest BCUT2D eigenvalue weighted by atomic mass is 10.0. The number of allylic oxidation sites excluding steroid dienone is 2. The molecule has 0 heteroatoms. The molecule has 0 rings (SSSR count). The summed E-state index contributed by atoms with van der Waals surface area (Å²) in [4.78, 5) is 0. The molecule has 0 aliphatic rings. The Labute approximate surface area is 142 Å². The van der Waals surface area contributed by atoms with E-state index in [2.05, 4.69) is 32.9 Å². The highest BCUT2D eigenvalue weighted by atomic mass is 14.0. The Kier molecular flexibility index (Phi) is 18.6. The third kappa shape index (κ3) is 17.8. The summed E-state index contributed by atoms with van der Waals surface area (Å²) in [6.07, 6.45) is 27.6. The average Bonchev–Trinajstić information content (AvgIpc) is 2.52. The van der Waals surface area contributed by atoms with Gasteiger partial charge in [-0.15, -0.1) is 0 Å². The zero-order chi connectivity index (χ0) is 16.3. The molecule has 0 nitrogen and oxygen atoms in total. The van der Waals surface area contributed by atoms with E-state index in [1.54, 1.807) is 0 Å². The minimum Gasteiger partial charge on any atom is -0.0883 e. The Bertz CT molecular complexity index is 216.